The summed E-state index contributed by atoms with van der Waals surface area (Å²) in [6, 6.07) is 24.6. The first-order chi connectivity index (χ1) is 17.0. The summed E-state index contributed by atoms with van der Waals surface area (Å²) in [5, 5.41) is 6.12. The molecule has 4 aromatic rings. The molecule has 0 atom stereocenters. The number of aromatic nitrogens is 2. The molecular weight excluding hydrogens is 483 g/mol. The number of amides is 1. The Kier molecular flexibility index (Phi) is 6.66. The molecule has 6 nitrogen and oxygen atoms in total. The van der Waals surface area contributed by atoms with E-state index in [1.54, 1.807) is 23.9 Å². The van der Waals surface area contributed by atoms with Gasteiger partial charge in [-0.15, -0.1) is 0 Å². The first kappa shape index (κ1) is 23.3. The lowest BCUT2D eigenvalue weighted by atomic mass is 10.1. The zero-order valence-corrected chi connectivity index (χ0v) is 20.7. The number of benzene rings is 3. The van der Waals surface area contributed by atoms with Crippen molar-refractivity contribution in [2.24, 2.45) is 0 Å². The van der Waals surface area contributed by atoms with Gasteiger partial charge in [0.05, 0.1) is 18.5 Å². The van der Waals surface area contributed by atoms with Gasteiger partial charge >= 0.3 is 0 Å². The van der Waals surface area contributed by atoms with Gasteiger partial charge in [-0.3, -0.25) is 4.79 Å². The van der Waals surface area contributed by atoms with Crippen LogP contribution in [-0.2, 0) is 0 Å². The number of anilines is 1. The molecule has 0 unspecified atom stereocenters. The Morgan fingerprint density at radius 2 is 1.57 bits per heavy atom. The van der Waals surface area contributed by atoms with E-state index in [0.29, 0.717) is 34.5 Å². The van der Waals surface area contributed by atoms with E-state index in [0.717, 1.165) is 35.8 Å². The number of hydrogen-bond donors (Lipinski definition) is 0. The molecule has 1 aromatic heterocycles. The second kappa shape index (κ2) is 10.0. The average molecular weight is 507 g/mol. The maximum Gasteiger partial charge on any atom is 0.272 e. The van der Waals surface area contributed by atoms with Gasteiger partial charge in [0.2, 0.25) is 0 Å². The zero-order chi connectivity index (χ0) is 24.4. The monoisotopic (exact) mass is 506 g/mol. The van der Waals surface area contributed by atoms with Gasteiger partial charge in [-0.25, -0.2) is 4.68 Å². The minimum atomic E-state index is -0.0626. The number of carbonyl (C=O) groups is 1. The van der Waals surface area contributed by atoms with Gasteiger partial charge in [0.1, 0.15) is 11.4 Å². The summed E-state index contributed by atoms with van der Waals surface area (Å²) in [5.74, 6) is 0.667. The van der Waals surface area contributed by atoms with E-state index in [9.17, 15) is 4.79 Å². The molecule has 5 rings (SSSR count). The summed E-state index contributed by atoms with van der Waals surface area (Å²) < 4.78 is 7.06. The van der Waals surface area contributed by atoms with Crippen molar-refractivity contribution in [3.05, 3.63) is 94.6 Å². The molecule has 0 spiro atoms. The Morgan fingerprint density at radius 3 is 2.29 bits per heavy atom. The minimum Gasteiger partial charge on any atom is -0.497 e. The highest BCUT2D eigenvalue weighted by atomic mass is 35.5. The molecule has 1 aliphatic heterocycles. The van der Waals surface area contributed by atoms with Crippen molar-refractivity contribution in [2.45, 2.75) is 0 Å². The van der Waals surface area contributed by atoms with E-state index in [4.69, 9.17) is 33.0 Å². The third-order valence-electron chi connectivity index (χ3n) is 6.11. The highest BCUT2D eigenvalue weighted by molar-refractivity contribution is 6.31. The number of hydrogen-bond acceptors (Lipinski definition) is 4. The molecule has 35 heavy (non-hydrogen) atoms. The van der Waals surface area contributed by atoms with Crippen molar-refractivity contribution in [3.63, 3.8) is 0 Å². The first-order valence-electron chi connectivity index (χ1n) is 11.3. The Morgan fingerprint density at radius 1 is 0.829 bits per heavy atom. The number of methoxy groups -OCH3 is 1. The molecule has 0 aliphatic carbocycles. The van der Waals surface area contributed by atoms with E-state index in [-0.39, 0.29) is 5.91 Å². The lowest BCUT2D eigenvalue weighted by Crippen LogP contribution is -2.49. The fourth-order valence-electron chi connectivity index (χ4n) is 4.24. The number of halogens is 2. The zero-order valence-electron chi connectivity index (χ0n) is 19.2. The van der Waals surface area contributed by atoms with Crippen LogP contribution in [0.4, 0.5) is 5.69 Å². The Balaban J connectivity index is 1.44. The largest absolute Gasteiger partial charge is 0.497 e. The van der Waals surface area contributed by atoms with E-state index in [1.807, 2.05) is 71.6 Å². The Hall–Kier alpha value is -3.48. The quantitative estimate of drug-likeness (QED) is 0.342. The first-order valence-corrected chi connectivity index (χ1v) is 12.1. The van der Waals surface area contributed by atoms with Crippen LogP contribution in [0.15, 0.2) is 78.9 Å². The summed E-state index contributed by atoms with van der Waals surface area (Å²) >= 11 is 12.3. The van der Waals surface area contributed by atoms with Crippen molar-refractivity contribution in [3.8, 4) is 22.7 Å². The van der Waals surface area contributed by atoms with Crippen molar-refractivity contribution in [1.82, 2.24) is 14.7 Å². The van der Waals surface area contributed by atoms with Crippen molar-refractivity contribution in [2.75, 3.05) is 38.2 Å². The molecule has 0 bridgehead atoms. The van der Waals surface area contributed by atoms with Crippen LogP contribution in [0.25, 0.3) is 16.9 Å². The third kappa shape index (κ3) is 4.99. The number of carbonyl (C=O) groups excluding carboxylic acids is 1. The number of ether oxygens (including phenoxy) is 1. The maximum atomic E-state index is 13.7. The molecule has 2 heterocycles. The molecule has 3 aromatic carbocycles. The minimum absolute atomic E-state index is 0.0626. The van der Waals surface area contributed by atoms with Gasteiger partial charge in [0.15, 0.2) is 0 Å². The van der Waals surface area contributed by atoms with Gasteiger partial charge < -0.3 is 14.5 Å². The molecule has 1 saturated heterocycles. The average Bonchev–Trinajstić information content (AvgIpc) is 3.34. The highest BCUT2D eigenvalue weighted by Crippen LogP contribution is 2.27. The third-order valence-corrected chi connectivity index (χ3v) is 6.59. The molecule has 0 saturated carbocycles. The van der Waals surface area contributed by atoms with Crippen LogP contribution in [0.2, 0.25) is 10.0 Å². The van der Waals surface area contributed by atoms with Crippen LogP contribution < -0.4 is 9.64 Å². The normalized spacial score (nSPS) is 13.7. The molecule has 1 aliphatic rings. The molecule has 0 radical (unpaired) electrons. The topological polar surface area (TPSA) is 50.6 Å². The van der Waals surface area contributed by atoms with Crippen molar-refractivity contribution >= 4 is 34.8 Å². The fourth-order valence-corrected chi connectivity index (χ4v) is 4.55. The van der Waals surface area contributed by atoms with Crippen LogP contribution >= 0.6 is 23.2 Å². The SMILES string of the molecule is COc1cccc(-c2cc(C(=O)N3CCN(c4cccc(Cl)c4)CC3)n(-c3ccc(Cl)cc3)n2)c1. The van der Waals surface area contributed by atoms with E-state index >= 15 is 0 Å². The molecule has 1 amide bonds. The summed E-state index contributed by atoms with van der Waals surface area (Å²) in [6.45, 7) is 2.66. The Labute approximate surface area is 214 Å². The summed E-state index contributed by atoms with van der Waals surface area (Å²) in [4.78, 5) is 17.8. The second-order valence-corrected chi connectivity index (χ2v) is 9.17. The molecule has 1 fully saturated rings. The smallest absolute Gasteiger partial charge is 0.272 e. The van der Waals surface area contributed by atoms with Gasteiger partial charge in [-0.1, -0.05) is 41.4 Å². The van der Waals surface area contributed by atoms with Gasteiger partial charge in [0.25, 0.3) is 5.91 Å². The van der Waals surface area contributed by atoms with Gasteiger partial charge in [-0.2, -0.15) is 5.10 Å². The highest BCUT2D eigenvalue weighted by Gasteiger charge is 2.26. The van der Waals surface area contributed by atoms with Gasteiger partial charge in [-0.05, 0) is 60.7 Å². The predicted molar refractivity (Wildman–Crippen MR) is 140 cm³/mol. The summed E-state index contributed by atoms with van der Waals surface area (Å²) in [7, 11) is 1.63. The van der Waals surface area contributed by atoms with Crippen molar-refractivity contribution in [1.29, 1.82) is 0 Å². The van der Waals surface area contributed by atoms with E-state index in [2.05, 4.69) is 4.90 Å². The number of piperazine rings is 1. The molecule has 8 heteroatoms. The summed E-state index contributed by atoms with van der Waals surface area (Å²) in [6.07, 6.45) is 0. The standard InChI is InChI=1S/C27H24Cl2N4O2/c1-35-24-7-2-4-19(16-24)25-18-26(33(30-25)22-10-8-20(28)9-11-22)27(34)32-14-12-31(13-15-32)23-6-3-5-21(29)17-23/h2-11,16-18H,12-15H2,1H3. The Bertz CT molecular complexity index is 1350. The fraction of sp³-hybridized carbons (Fsp3) is 0.185. The predicted octanol–water partition coefficient (Wildman–Crippen LogP) is 5.82. The van der Waals surface area contributed by atoms with Gasteiger partial charge in [0, 0.05) is 47.5 Å². The molecule has 178 valence electrons. The lowest BCUT2D eigenvalue weighted by molar-refractivity contribution is 0.0737. The molecular formula is C27H24Cl2N4O2. The van der Waals surface area contributed by atoms with E-state index < -0.39 is 0 Å². The number of rotatable bonds is 5. The number of nitrogens with zero attached hydrogens (tertiary/aromatic N) is 4. The second-order valence-electron chi connectivity index (χ2n) is 8.29. The van der Waals surface area contributed by atoms with Crippen molar-refractivity contribution < 1.29 is 9.53 Å². The van der Waals surface area contributed by atoms with Crippen LogP contribution in [0.1, 0.15) is 10.5 Å². The van der Waals surface area contributed by atoms with Crippen LogP contribution in [0.3, 0.4) is 0 Å². The van der Waals surface area contributed by atoms with Crippen LogP contribution in [0, 0.1) is 0 Å². The van der Waals surface area contributed by atoms with E-state index in [1.165, 1.54) is 0 Å². The molecule has 0 N–H and O–H groups in total. The van der Waals surface area contributed by atoms with Crippen LogP contribution in [0.5, 0.6) is 5.75 Å². The lowest BCUT2D eigenvalue weighted by Gasteiger charge is -2.36. The maximum absolute atomic E-state index is 13.7. The van der Waals surface area contributed by atoms with Crippen LogP contribution in [-0.4, -0.2) is 53.9 Å². The summed E-state index contributed by atoms with van der Waals surface area (Å²) in [5.41, 5.74) is 3.90.